The number of aliphatic carboxylic acids is 1. The molecule has 0 saturated heterocycles. The molecule has 1 aromatic heterocycles. The first-order chi connectivity index (χ1) is 8.29. The topological polar surface area (TPSA) is 95.5 Å². The average Bonchev–Trinajstić information content (AvgIpc) is 2.70. The molecule has 0 fully saturated rings. The van der Waals surface area contributed by atoms with Crippen LogP contribution in [0.1, 0.15) is 38.1 Å². The van der Waals surface area contributed by atoms with Gasteiger partial charge in [0.2, 0.25) is 0 Å². The maximum atomic E-state index is 11.9. The summed E-state index contributed by atoms with van der Waals surface area (Å²) in [4.78, 5) is 24.4. The van der Waals surface area contributed by atoms with Gasteiger partial charge in [-0.3, -0.25) is 10.00 Å². The molecule has 0 aliphatic carbocycles. The summed E-state index contributed by atoms with van der Waals surface area (Å²) in [5, 5.41) is 15.7. The highest BCUT2D eigenvalue weighted by Gasteiger charge is 2.41. The normalized spacial score (nSPS) is 18.6. The number of nitrogens with zero attached hydrogens (tertiary/aromatic N) is 2. The molecule has 0 saturated carbocycles. The monoisotopic (exact) mass is 253 g/mol. The van der Waals surface area contributed by atoms with Crippen molar-refractivity contribution in [1.29, 1.82) is 0 Å². The van der Waals surface area contributed by atoms with Crippen molar-refractivity contribution in [3.8, 4) is 0 Å². The lowest BCUT2D eigenvalue weighted by Gasteiger charge is -2.26. The Hall–Kier alpha value is -2.05. The van der Waals surface area contributed by atoms with E-state index in [0.29, 0.717) is 11.3 Å². The van der Waals surface area contributed by atoms with Gasteiger partial charge in [-0.25, -0.2) is 9.59 Å². The molecule has 1 aromatic rings. The van der Waals surface area contributed by atoms with E-state index in [9.17, 15) is 14.7 Å². The van der Waals surface area contributed by atoms with Gasteiger partial charge < -0.3 is 9.84 Å². The van der Waals surface area contributed by atoms with E-state index in [4.69, 9.17) is 4.74 Å². The van der Waals surface area contributed by atoms with Crippen molar-refractivity contribution >= 4 is 12.1 Å². The van der Waals surface area contributed by atoms with Crippen LogP contribution in [0.5, 0.6) is 0 Å². The third-order valence-corrected chi connectivity index (χ3v) is 2.55. The average molecular weight is 253 g/mol. The Morgan fingerprint density at radius 3 is 2.78 bits per heavy atom. The SMILES string of the molecule is CC(C)(C)OC(=O)N1Cc2[nH]ncc2C1C(=O)O. The molecule has 0 bridgehead atoms. The third kappa shape index (κ3) is 2.15. The van der Waals surface area contributed by atoms with Gasteiger partial charge in [-0.1, -0.05) is 0 Å². The van der Waals surface area contributed by atoms with Gasteiger partial charge in [0.05, 0.1) is 18.4 Å². The lowest BCUT2D eigenvalue weighted by Crippen LogP contribution is -2.38. The van der Waals surface area contributed by atoms with E-state index in [1.165, 1.54) is 11.1 Å². The number of hydrogen-bond donors (Lipinski definition) is 2. The molecule has 7 heteroatoms. The highest BCUT2D eigenvalue weighted by Crippen LogP contribution is 2.33. The number of nitrogens with one attached hydrogen (secondary N) is 1. The van der Waals surface area contributed by atoms with Gasteiger partial charge >= 0.3 is 12.1 Å². The summed E-state index contributed by atoms with van der Waals surface area (Å²) in [6.45, 7) is 5.37. The highest BCUT2D eigenvalue weighted by molar-refractivity contribution is 5.83. The number of rotatable bonds is 1. The molecule has 98 valence electrons. The van der Waals surface area contributed by atoms with Gasteiger partial charge in [-0.2, -0.15) is 5.10 Å². The first kappa shape index (κ1) is 12.4. The van der Waals surface area contributed by atoms with Crippen LogP contribution in [0.4, 0.5) is 4.79 Å². The molecular weight excluding hydrogens is 238 g/mol. The summed E-state index contributed by atoms with van der Waals surface area (Å²) in [5.41, 5.74) is 0.482. The van der Waals surface area contributed by atoms with E-state index in [1.54, 1.807) is 20.8 Å². The van der Waals surface area contributed by atoms with E-state index in [2.05, 4.69) is 10.2 Å². The number of carbonyl (C=O) groups is 2. The Morgan fingerprint density at radius 2 is 2.22 bits per heavy atom. The number of carboxylic acid groups (broad SMARTS) is 1. The second kappa shape index (κ2) is 4.01. The molecule has 1 atom stereocenters. The number of aromatic amines is 1. The van der Waals surface area contributed by atoms with E-state index in [1.807, 2.05) is 0 Å². The smallest absolute Gasteiger partial charge is 0.411 e. The van der Waals surface area contributed by atoms with Crippen molar-refractivity contribution in [3.63, 3.8) is 0 Å². The van der Waals surface area contributed by atoms with E-state index >= 15 is 0 Å². The molecule has 1 aliphatic heterocycles. The molecule has 1 amide bonds. The quantitative estimate of drug-likeness (QED) is 0.786. The van der Waals surface area contributed by atoms with Crippen LogP contribution in [0.2, 0.25) is 0 Å². The number of ether oxygens (including phenoxy) is 1. The Balaban J connectivity index is 2.23. The van der Waals surface area contributed by atoms with Gasteiger partial charge in [-0.15, -0.1) is 0 Å². The maximum Gasteiger partial charge on any atom is 0.411 e. The second-order valence-electron chi connectivity index (χ2n) is 5.15. The molecule has 2 N–H and O–H groups in total. The number of fused-ring (bicyclic) bond motifs is 1. The summed E-state index contributed by atoms with van der Waals surface area (Å²) in [7, 11) is 0. The molecule has 1 unspecified atom stereocenters. The molecule has 1 aliphatic rings. The summed E-state index contributed by atoms with van der Waals surface area (Å²) in [6, 6.07) is -1.03. The van der Waals surface area contributed by atoms with E-state index in [0.717, 1.165) is 0 Å². The standard InChI is InChI=1S/C11H15N3O4/c1-11(2,3)18-10(17)14-5-7-6(4-12-13-7)8(14)9(15)16/h4,8H,5H2,1-3H3,(H,12,13)(H,15,16). The minimum atomic E-state index is -1.10. The van der Waals surface area contributed by atoms with Crippen LogP contribution >= 0.6 is 0 Å². The Kier molecular flexibility index (Phi) is 2.76. The highest BCUT2D eigenvalue weighted by atomic mass is 16.6. The lowest BCUT2D eigenvalue weighted by atomic mass is 10.1. The molecule has 2 rings (SSSR count). The maximum absolute atomic E-state index is 11.9. The number of aromatic nitrogens is 2. The van der Waals surface area contributed by atoms with Crippen molar-refractivity contribution in [1.82, 2.24) is 15.1 Å². The fraction of sp³-hybridized carbons (Fsp3) is 0.545. The van der Waals surface area contributed by atoms with Gasteiger partial charge in [0.25, 0.3) is 0 Å². The second-order valence-corrected chi connectivity index (χ2v) is 5.15. The van der Waals surface area contributed by atoms with Crippen LogP contribution in [0, 0.1) is 0 Å². The Morgan fingerprint density at radius 1 is 1.56 bits per heavy atom. The number of carboxylic acids is 1. The fourth-order valence-corrected chi connectivity index (χ4v) is 1.87. The van der Waals surface area contributed by atoms with E-state index < -0.39 is 23.7 Å². The van der Waals surface area contributed by atoms with E-state index in [-0.39, 0.29) is 6.54 Å². The number of H-pyrrole nitrogens is 1. The summed E-state index contributed by atoms with van der Waals surface area (Å²) < 4.78 is 5.19. The summed E-state index contributed by atoms with van der Waals surface area (Å²) in [5.74, 6) is -1.10. The van der Waals surface area contributed by atoms with Gasteiger partial charge in [-0.05, 0) is 20.8 Å². The number of hydrogen-bond acceptors (Lipinski definition) is 4. The zero-order chi connectivity index (χ0) is 13.5. The molecule has 18 heavy (non-hydrogen) atoms. The molecule has 0 radical (unpaired) electrons. The third-order valence-electron chi connectivity index (χ3n) is 2.55. The van der Waals surface area contributed by atoms with Crippen LogP contribution < -0.4 is 0 Å². The largest absolute Gasteiger partial charge is 0.479 e. The predicted molar refractivity (Wildman–Crippen MR) is 60.7 cm³/mol. The van der Waals surface area contributed by atoms with Crippen LogP contribution in [0.25, 0.3) is 0 Å². The Labute approximate surface area is 104 Å². The van der Waals surface area contributed by atoms with Gasteiger partial charge in [0, 0.05) is 5.56 Å². The lowest BCUT2D eigenvalue weighted by molar-refractivity contribution is -0.143. The molecule has 0 aromatic carbocycles. The number of carbonyl (C=O) groups excluding carboxylic acids is 1. The fourth-order valence-electron chi connectivity index (χ4n) is 1.87. The minimum absolute atomic E-state index is 0.168. The predicted octanol–water partition coefficient (Wildman–Crippen LogP) is 1.29. The van der Waals surface area contributed by atoms with Crippen LogP contribution in [0.15, 0.2) is 6.20 Å². The summed E-state index contributed by atoms with van der Waals surface area (Å²) >= 11 is 0. The molecule has 0 spiro atoms. The minimum Gasteiger partial charge on any atom is -0.479 e. The van der Waals surface area contributed by atoms with Crippen LogP contribution in [-0.4, -0.2) is 37.9 Å². The van der Waals surface area contributed by atoms with Gasteiger partial charge in [0.15, 0.2) is 6.04 Å². The first-order valence-corrected chi connectivity index (χ1v) is 5.54. The van der Waals surface area contributed by atoms with Crippen molar-refractivity contribution in [2.45, 2.75) is 39.0 Å². The zero-order valence-corrected chi connectivity index (χ0v) is 10.4. The number of amides is 1. The molecule has 2 heterocycles. The summed E-state index contributed by atoms with van der Waals surface area (Å²) in [6.07, 6.45) is 0.790. The van der Waals surface area contributed by atoms with Crippen molar-refractivity contribution in [2.24, 2.45) is 0 Å². The molecular formula is C11H15N3O4. The van der Waals surface area contributed by atoms with Gasteiger partial charge in [0.1, 0.15) is 5.60 Å². The van der Waals surface area contributed by atoms with Crippen molar-refractivity contribution in [2.75, 3.05) is 0 Å². The van der Waals surface area contributed by atoms with Crippen molar-refractivity contribution < 1.29 is 19.4 Å². The van der Waals surface area contributed by atoms with Crippen LogP contribution in [0.3, 0.4) is 0 Å². The first-order valence-electron chi connectivity index (χ1n) is 5.54. The zero-order valence-electron chi connectivity index (χ0n) is 10.4. The van der Waals surface area contributed by atoms with Crippen LogP contribution in [-0.2, 0) is 16.1 Å². The molecule has 7 nitrogen and oxygen atoms in total. The Bertz CT molecular complexity index is 489. The van der Waals surface area contributed by atoms with Crippen molar-refractivity contribution in [3.05, 3.63) is 17.5 Å².